The Hall–Kier alpha value is -1.77. The van der Waals surface area contributed by atoms with E-state index in [1.54, 1.807) is 6.20 Å². The van der Waals surface area contributed by atoms with Crippen LogP contribution in [0.25, 0.3) is 0 Å². The molecule has 0 saturated heterocycles. The van der Waals surface area contributed by atoms with Crippen LogP contribution in [-0.4, -0.2) is 6.03 Å². The largest absolute Gasteiger partial charge is 0.323 e. The molecule has 0 unspecified atom stereocenters. The van der Waals surface area contributed by atoms with Crippen LogP contribution in [-0.2, 0) is 0 Å². The van der Waals surface area contributed by atoms with Gasteiger partial charge in [0.25, 0.3) is 0 Å². The Morgan fingerprint density at radius 3 is 2.42 bits per heavy atom. The molecule has 3 nitrogen and oxygen atoms in total. The second-order valence-electron chi connectivity index (χ2n) is 5.99. The summed E-state index contributed by atoms with van der Waals surface area (Å²) in [7, 11) is 0. The molecule has 0 aliphatic rings. The topological polar surface area (TPSA) is 41.1 Å². The van der Waals surface area contributed by atoms with E-state index in [0.717, 1.165) is 22.4 Å². The molecule has 0 atom stereocenters. The van der Waals surface area contributed by atoms with Gasteiger partial charge in [-0.05, 0) is 43.4 Å². The SMILES string of the molecule is C/C(=C\NC(=O)Nc1cc(C)ccc1C)C(C)(C)C. The highest BCUT2D eigenvalue weighted by Gasteiger charge is 2.12. The lowest BCUT2D eigenvalue weighted by Crippen LogP contribution is -2.25. The van der Waals surface area contributed by atoms with Gasteiger partial charge in [-0.3, -0.25) is 0 Å². The number of benzene rings is 1. The molecule has 0 heterocycles. The molecule has 0 fully saturated rings. The van der Waals surface area contributed by atoms with Crippen molar-refractivity contribution in [3.63, 3.8) is 0 Å². The number of anilines is 1. The Labute approximate surface area is 116 Å². The molecular formula is C16H24N2O. The van der Waals surface area contributed by atoms with Crippen LogP contribution in [0.15, 0.2) is 30.0 Å². The lowest BCUT2D eigenvalue weighted by Gasteiger charge is -2.19. The van der Waals surface area contributed by atoms with Gasteiger partial charge in [0.15, 0.2) is 0 Å². The Balaban J connectivity index is 2.69. The molecule has 0 bridgehead atoms. The molecule has 1 aromatic rings. The monoisotopic (exact) mass is 260 g/mol. The molecule has 0 saturated carbocycles. The van der Waals surface area contributed by atoms with Crippen LogP contribution in [0.2, 0.25) is 0 Å². The molecule has 0 radical (unpaired) electrons. The predicted octanol–water partition coefficient (Wildman–Crippen LogP) is 4.37. The molecular weight excluding hydrogens is 236 g/mol. The number of carbonyl (C=O) groups is 1. The van der Waals surface area contributed by atoms with Crippen molar-refractivity contribution in [2.45, 2.75) is 41.5 Å². The number of carbonyl (C=O) groups excluding carboxylic acids is 1. The van der Waals surface area contributed by atoms with Crippen molar-refractivity contribution in [3.8, 4) is 0 Å². The Morgan fingerprint density at radius 1 is 1.21 bits per heavy atom. The minimum absolute atomic E-state index is 0.0620. The maximum atomic E-state index is 11.8. The molecule has 0 aliphatic heterocycles. The molecule has 1 rings (SSSR count). The number of urea groups is 1. The summed E-state index contributed by atoms with van der Waals surface area (Å²) in [6.45, 7) is 12.3. The van der Waals surface area contributed by atoms with Gasteiger partial charge in [0.05, 0.1) is 0 Å². The molecule has 3 heteroatoms. The summed E-state index contributed by atoms with van der Waals surface area (Å²) >= 11 is 0. The predicted molar refractivity (Wildman–Crippen MR) is 81.3 cm³/mol. The standard InChI is InChI=1S/C16H24N2O/c1-11-7-8-12(2)14(9-11)18-15(19)17-10-13(3)16(4,5)6/h7-10H,1-6H3,(H2,17,18,19)/b13-10+. The van der Waals surface area contributed by atoms with E-state index < -0.39 is 0 Å². The fourth-order valence-corrected chi connectivity index (χ4v) is 1.42. The smallest absolute Gasteiger partial charge is 0.314 e. The highest BCUT2D eigenvalue weighted by atomic mass is 16.2. The minimum atomic E-state index is -0.211. The maximum absolute atomic E-state index is 11.8. The molecule has 2 amide bonds. The molecule has 1 aromatic carbocycles. The molecule has 0 spiro atoms. The lowest BCUT2D eigenvalue weighted by atomic mass is 9.88. The Morgan fingerprint density at radius 2 is 1.84 bits per heavy atom. The van der Waals surface area contributed by atoms with Crippen molar-refractivity contribution in [2.75, 3.05) is 5.32 Å². The van der Waals surface area contributed by atoms with Crippen LogP contribution in [0.1, 0.15) is 38.8 Å². The first-order valence-electron chi connectivity index (χ1n) is 6.52. The summed E-state index contributed by atoms with van der Waals surface area (Å²) in [6.07, 6.45) is 1.76. The van der Waals surface area contributed by atoms with Gasteiger partial charge < -0.3 is 10.6 Å². The average molecular weight is 260 g/mol. The summed E-state index contributed by atoms with van der Waals surface area (Å²) in [6, 6.07) is 5.79. The molecule has 0 aliphatic carbocycles. The summed E-state index contributed by atoms with van der Waals surface area (Å²) < 4.78 is 0. The number of nitrogens with one attached hydrogen (secondary N) is 2. The van der Waals surface area contributed by atoms with Crippen LogP contribution in [0.4, 0.5) is 10.5 Å². The highest BCUT2D eigenvalue weighted by Crippen LogP contribution is 2.23. The van der Waals surface area contributed by atoms with E-state index in [9.17, 15) is 4.79 Å². The van der Waals surface area contributed by atoms with Crippen molar-refractivity contribution in [1.29, 1.82) is 0 Å². The second kappa shape index (κ2) is 5.91. The zero-order valence-electron chi connectivity index (χ0n) is 12.7. The number of hydrogen-bond acceptors (Lipinski definition) is 1. The van der Waals surface area contributed by atoms with Crippen LogP contribution in [0.3, 0.4) is 0 Å². The van der Waals surface area contributed by atoms with Gasteiger partial charge in [0.2, 0.25) is 0 Å². The van der Waals surface area contributed by atoms with Crippen molar-refractivity contribution >= 4 is 11.7 Å². The summed E-state index contributed by atoms with van der Waals surface area (Å²) in [5, 5.41) is 5.64. The lowest BCUT2D eigenvalue weighted by molar-refractivity contribution is 0.255. The summed E-state index contributed by atoms with van der Waals surface area (Å²) in [4.78, 5) is 11.8. The van der Waals surface area contributed by atoms with Crippen molar-refractivity contribution in [3.05, 3.63) is 41.1 Å². The molecule has 19 heavy (non-hydrogen) atoms. The van der Waals surface area contributed by atoms with Crippen molar-refractivity contribution in [1.82, 2.24) is 5.32 Å². The van der Waals surface area contributed by atoms with Gasteiger partial charge in [-0.15, -0.1) is 0 Å². The molecule has 0 aromatic heterocycles. The fourth-order valence-electron chi connectivity index (χ4n) is 1.42. The molecule has 104 valence electrons. The van der Waals surface area contributed by atoms with Gasteiger partial charge in [-0.2, -0.15) is 0 Å². The van der Waals surface area contributed by atoms with E-state index in [4.69, 9.17) is 0 Å². The number of hydrogen-bond donors (Lipinski definition) is 2. The summed E-state index contributed by atoms with van der Waals surface area (Å²) in [5.41, 5.74) is 4.22. The number of aryl methyl sites for hydroxylation is 2. The van der Waals surface area contributed by atoms with Crippen molar-refractivity contribution < 1.29 is 4.79 Å². The first kappa shape index (κ1) is 15.3. The van der Waals surface area contributed by atoms with E-state index in [-0.39, 0.29) is 11.4 Å². The second-order valence-corrected chi connectivity index (χ2v) is 5.99. The zero-order valence-corrected chi connectivity index (χ0v) is 12.7. The van der Waals surface area contributed by atoms with Crippen LogP contribution < -0.4 is 10.6 Å². The third kappa shape index (κ3) is 4.78. The van der Waals surface area contributed by atoms with E-state index in [1.165, 1.54) is 0 Å². The quantitative estimate of drug-likeness (QED) is 0.814. The fraction of sp³-hybridized carbons (Fsp3) is 0.438. The van der Waals surface area contributed by atoms with Crippen LogP contribution in [0, 0.1) is 19.3 Å². The number of rotatable bonds is 2. The summed E-state index contributed by atoms with van der Waals surface area (Å²) in [5.74, 6) is 0. The van der Waals surface area contributed by atoms with Gasteiger partial charge in [-0.1, -0.05) is 38.5 Å². The van der Waals surface area contributed by atoms with Crippen LogP contribution in [0.5, 0.6) is 0 Å². The highest BCUT2D eigenvalue weighted by molar-refractivity contribution is 5.90. The Kier molecular flexibility index (Phi) is 4.76. The normalized spacial score (nSPS) is 12.2. The third-order valence-electron chi connectivity index (χ3n) is 3.24. The van der Waals surface area contributed by atoms with E-state index >= 15 is 0 Å². The van der Waals surface area contributed by atoms with E-state index in [1.807, 2.05) is 39.0 Å². The third-order valence-corrected chi connectivity index (χ3v) is 3.24. The first-order chi connectivity index (χ1) is 8.70. The first-order valence-corrected chi connectivity index (χ1v) is 6.52. The van der Waals surface area contributed by atoms with Crippen LogP contribution >= 0.6 is 0 Å². The van der Waals surface area contributed by atoms with E-state index in [0.29, 0.717) is 0 Å². The number of allylic oxidation sites excluding steroid dienone is 1. The molecule has 2 N–H and O–H groups in total. The van der Waals surface area contributed by atoms with Gasteiger partial charge >= 0.3 is 6.03 Å². The van der Waals surface area contributed by atoms with Gasteiger partial charge in [0, 0.05) is 11.9 Å². The van der Waals surface area contributed by atoms with Gasteiger partial charge in [-0.25, -0.2) is 4.79 Å². The maximum Gasteiger partial charge on any atom is 0.323 e. The average Bonchev–Trinajstić information content (AvgIpc) is 2.29. The minimum Gasteiger partial charge on any atom is -0.314 e. The Bertz CT molecular complexity index is 496. The van der Waals surface area contributed by atoms with Crippen molar-refractivity contribution in [2.24, 2.45) is 5.41 Å². The van der Waals surface area contributed by atoms with Gasteiger partial charge in [0.1, 0.15) is 0 Å². The number of amides is 2. The van der Waals surface area contributed by atoms with E-state index in [2.05, 4.69) is 31.4 Å². The zero-order chi connectivity index (χ0) is 14.6.